The van der Waals surface area contributed by atoms with Crippen LogP contribution in [0.5, 0.6) is 0 Å². The van der Waals surface area contributed by atoms with Gasteiger partial charge in [-0.15, -0.1) is 49.6 Å². The second-order valence-electron chi connectivity index (χ2n) is 6.41. The molecule has 0 aliphatic heterocycles. The molecule has 7 N–H and O–H groups in total. The van der Waals surface area contributed by atoms with Gasteiger partial charge >= 0.3 is 0 Å². The molecule has 0 radical (unpaired) electrons. The summed E-state index contributed by atoms with van der Waals surface area (Å²) in [5.74, 6) is -1.15. The summed E-state index contributed by atoms with van der Waals surface area (Å²) in [6.45, 7) is 2.30. The number of nitrogens with one attached hydrogen (secondary N) is 3. The molecular weight excluding hydrogens is 468 g/mol. The minimum atomic E-state index is -0.938. The molecule has 14 heteroatoms. The third-order valence-electron chi connectivity index (χ3n) is 3.31. The predicted molar refractivity (Wildman–Crippen MR) is 126 cm³/mol. The lowest BCUT2D eigenvalue weighted by atomic mass is 10.2. The van der Waals surface area contributed by atoms with E-state index in [-0.39, 0.29) is 74.4 Å². The number of carbonyl (C=O) groups excluding carboxylic acids is 3. The molecule has 0 aromatic heterocycles. The van der Waals surface area contributed by atoms with Gasteiger partial charge in [0.2, 0.25) is 17.7 Å². The van der Waals surface area contributed by atoms with Gasteiger partial charge in [-0.2, -0.15) is 0 Å². The van der Waals surface area contributed by atoms with Crippen LogP contribution in [0.3, 0.4) is 0 Å². The van der Waals surface area contributed by atoms with Gasteiger partial charge in [-0.1, -0.05) is 0 Å². The average molecular weight is 505 g/mol. The van der Waals surface area contributed by atoms with Crippen LogP contribution in [0.15, 0.2) is 0 Å². The van der Waals surface area contributed by atoms with Crippen molar-refractivity contribution in [3.05, 3.63) is 0 Å². The van der Waals surface area contributed by atoms with Crippen molar-refractivity contribution in [2.75, 3.05) is 60.9 Å². The molecule has 0 rings (SSSR count). The topological polar surface area (TPSA) is 146 Å². The van der Waals surface area contributed by atoms with Gasteiger partial charge in [0.25, 0.3) is 0 Å². The molecule has 0 fully saturated rings. The summed E-state index contributed by atoms with van der Waals surface area (Å²) in [5, 5.41) is 7.85. The van der Waals surface area contributed by atoms with Crippen molar-refractivity contribution in [1.82, 2.24) is 25.8 Å². The SMILES string of the molecule is CN(C)CCNC(=O)[C@@H](N)CNC(=O)C[C@H](N)C(=O)NCCN(C)C.Cl.Cl.Cl.Cl. The van der Waals surface area contributed by atoms with Gasteiger partial charge in [0.1, 0.15) is 6.04 Å². The van der Waals surface area contributed by atoms with Crippen LogP contribution in [0.25, 0.3) is 0 Å². The van der Waals surface area contributed by atoms with Crippen LogP contribution in [0.1, 0.15) is 6.42 Å². The van der Waals surface area contributed by atoms with Gasteiger partial charge in [0.05, 0.1) is 12.5 Å². The second kappa shape index (κ2) is 22.1. The highest BCUT2D eigenvalue weighted by Crippen LogP contribution is 1.90. The van der Waals surface area contributed by atoms with E-state index in [1.807, 2.05) is 38.0 Å². The summed E-state index contributed by atoms with van der Waals surface area (Å²) in [4.78, 5) is 39.1. The van der Waals surface area contributed by atoms with E-state index in [1.165, 1.54) is 0 Å². The smallest absolute Gasteiger partial charge is 0.238 e. The van der Waals surface area contributed by atoms with Crippen LogP contribution in [0.2, 0.25) is 0 Å². The molecule has 10 nitrogen and oxygen atoms in total. The molecule has 29 heavy (non-hydrogen) atoms. The Hall–Kier alpha value is -0.590. The molecular formula is C15H37Cl4N7O3. The summed E-state index contributed by atoms with van der Waals surface area (Å²) in [7, 11) is 7.57. The molecule has 3 amide bonds. The molecule has 2 atom stereocenters. The summed E-state index contributed by atoms with van der Waals surface area (Å²) < 4.78 is 0. The molecule has 0 aliphatic carbocycles. The van der Waals surface area contributed by atoms with Crippen molar-refractivity contribution in [1.29, 1.82) is 0 Å². The fourth-order valence-corrected chi connectivity index (χ4v) is 1.75. The molecule has 0 aliphatic rings. The fourth-order valence-electron chi connectivity index (χ4n) is 1.75. The first-order valence-corrected chi connectivity index (χ1v) is 8.26. The molecule has 0 spiro atoms. The molecule has 0 heterocycles. The maximum Gasteiger partial charge on any atom is 0.238 e. The molecule has 0 saturated heterocycles. The number of likely N-dealkylation sites (N-methyl/N-ethyl adjacent to an activating group) is 2. The van der Waals surface area contributed by atoms with E-state index in [9.17, 15) is 14.4 Å². The Bertz CT molecular complexity index is 446. The molecule has 178 valence electrons. The number of hydrogen-bond acceptors (Lipinski definition) is 7. The first-order chi connectivity index (χ1) is 11.6. The molecule has 0 unspecified atom stereocenters. The Morgan fingerprint density at radius 1 is 0.724 bits per heavy atom. The van der Waals surface area contributed by atoms with E-state index in [0.29, 0.717) is 26.2 Å². The van der Waals surface area contributed by atoms with E-state index in [0.717, 1.165) is 0 Å². The lowest BCUT2D eigenvalue weighted by Crippen LogP contribution is -2.50. The highest BCUT2D eigenvalue weighted by molar-refractivity contribution is 5.88. The van der Waals surface area contributed by atoms with E-state index in [4.69, 9.17) is 11.5 Å². The highest BCUT2D eigenvalue weighted by Gasteiger charge is 2.19. The maximum absolute atomic E-state index is 11.8. The quantitative estimate of drug-likeness (QED) is 0.210. The van der Waals surface area contributed by atoms with Crippen LogP contribution < -0.4 is 27.4 Å². The number of halogens is 4. The molecule has 0 bridgehead atoms. The summed E-state index contributed by atoms with van der Waals surface area (Å²) >= 11 is 0. The lowest BCUT2D eigenvalue weighted by molar-refractivity contribution is -0.128. The summed E-state index contributed by atoms with van der Waals surface area (Å²) in [6, 6.07) is -1.79. The molecule has 0 aromatic carbocycles. The molecule has 0 aromatic rings. The fraction of sp³-hybridized carbons (Fsp3) is 0.800. The van der Waals surface area contributed by atoms with Crippen molar-refractivity contribution in [2.45, 2.75) is 18.5 Å². The maximum atomic E-state index is 11.8. The predicted octanol–water partition coefficient (Wildman–Crippen LogP) is -1.81. The monoisotopic (exact) mass is 503 g/mol. The van der Waals surface area contributed by atoms with Crippen LogP contribution >= 0.6 is 49.6 Å². The van der Waals surface area contributed by atoms with Crippen LogP contribution in [-0.2, 0) is 14.4 Å². The Labute approximate surface area is 198 Å². The van der Waals surface area contributed by atoms with Gasteiger partial charge in [-0.25, -0.2) is 0 Å². The summed E-state index contributed by atoms with van der Waals surface area (Å²) in [5.41, 5.74) is 11.4. The Morgan fingerprint density at radius 3 is 1.48 bits per heavy atom. The van der Waals surface area contributed by atoms with Gasteiger partial charge < -0.3 is 37.2 Å². The zero-order chi connectivity index (χ0) is 19.4. The highest BCUT2D eigenvalue weighted by atomic mass is 35.5. The molecule has 0 saturated carbocycles. The summed E-state index contributed by atoms with van der Waals surface area (Å²) in [6.07, 6.45) is -0.164. The van der Waals surface area contributed by atoms with Gasteiger partial charge in [-0.05, 0) is 28.2 Å². The largest absolute Gasteiger partial charge is 0.354 e. The first kappa shape index (κ1) is 38.9. The number of carbonyl (C=O) groups is 3. The lowest BCUT2D eigenvalue weighted by Gasteiger charge is -2.16. The van der Waals surface area contributed by atoms with Crippen LogP contribution in [-0.4, -0.2) is 101 Å². The van der Waals surface area contributed by atoms with Crippen LogP contribution in [0.4, 0.5) is 0 Å². The number of nitrogens with two attached hydrogens (primary N) is 2. The van der Waals surface area contributed by atoms with Gasteiger partial charge in [0.15, 0.2) is 0 Å². The standard InChI is InChI=1S/C15H33N7O3.4ClH/c1-21(2)7-5-18-14(24)11(16)9-13(23)20-10-12(17)15(25)19-6-8-22(3)4;;;;/h11-12H,5-10,16-17H2,1-4H3,(H,18,24)(H,19,25)(H,20,23);4*1H/t11-,12-;;;;/m0..../s1. The van der Waals surface area contributed by atoms with Crippen LogP contribution in [0, 0.1) is 0 Å². The van der Waals surface area contributed by atoms with Gasteiger partial charge in [0, 0.05) is 32.7 Å². The Morgan fingerprint density at radius 2 is 1.10 bits per heavy atom. The van der Waals surface area contributed by atoms with Gasteiger partial charge in [-0.3, -0.25) is 14.4 Å². The first-order valence-electron chi connectivity index (χ1n) is 8.26. The van der Waals surface area contributed by atoms with E-state index < -0.39 is 18.0 Å². The average Bonchev–Trinajstić information content (AvgIpc) is 2.51. The van der Waals surface area contributed by atoms with Crippen molar-refractivity contribution >= 4 is 67.3 Å². The second-order valence-corrected chi connectivity index (χ2v) is 6.41. The normalized spacial score (nSPS) is 11.6. The van der Waals surface area contributed by atoms with Crippen molar-refractivity contribution < 1.29 is 14.4 Å². The van der Waals surface area contributed by atoms with Crippen molar-refractivity contribution in [3.63, 3.8) is 0 Å². The number of rotatable bonds is 12. The van der Waals surface area contributed by atoms with E-state index in [1.54, 1.807) is 0 Å². The number of nitrogens with zero attached hydrogens (tertiary/aromatic N) is 2. The minimum Gasteiger partial charge on any atom is -0.354 e. The third kappa shape index (κ3) is 21.9. The Balaban J connectivity index is -0.000000480. The van der Waals surface area contributed by atoms with E-state index >= 15 is 0 Å². The minimum absolute atomic E-state index is 0. The van der Waals surface area contributed by atoms with E-state index in [2.05, 4.69) is 16.0 Å². The van der Waals surface area contributed by atoms with Crippen molar-refractivity contribution in [2.24, 2.45) is 11.5 Å². The number of hydrogen-bond donors (Lipinski definition) is 5. The Kier molecular flexibility index (Phi) is 29.7. The zero-order valence-electron chi connectivity index (χ0n) is 17.3. The third-order valence-corrected chi connectivity index (χ3v) is 3.31. The number of amides is 3. The zero-order valence-corrected chi connectivity index (χ0v) is 20.6. The van der Waals surface area contributed by atoms with Crippen molar-refractivity contribution in [3.8, 4) is 0 Å².